The van der Waals surface area contributed by atoms with Crippen LogP contribution in [-0.2, 0) is 4.74 Å². The van der Waals surface area contributed by atoms with Gasteiger partial charge in [0.2, 0.25) is 0 Å². The summed E-state index contributed by atoms with van der Waals surface area (Å²) in [5, 5.41) is 0. The zero-order valence-corrected chi connectivity index (χ0v) is 9.02. The van der Waals surface area contributed by atoms with Crippen LogP contribution < -0.4 is 0 Å². The largest absolute Gasteiger partial charge is 0.380 e. The fourth-order valence-corrected chi connectivity index (χ4v) is 3.95. The van der Waals surface area contributed by atoms with Gasteiger partial charge in [0, 0.05) is 31.0 Å². The fraction of sp³-hybridized carbons (Fsp3) is 0.833. The Morgan fingerprint density at radius 2 is 2.07 bits per heavy atom. The van der Waals surface area contributed by atoms with E-state index in [0.29, 0.717) is 12.0 Å². The number of methoxy groups -OCH3 is 1. The summed E-state index contributed by atoms with van der Waals surface area (Å²) < 4.78 is 5.71. The van der Waals surface area contributed by atoms with Crippen LogP contribution >= 0.6 is 0 Å². The van der Waals surface area contributed by atoms with Gasteiger partial charge in [0.1, 0.15) is 0 Å². The maximum atomic E-state index is 5.71. The van der Waals surface area contributed by atoms with Gasteiger partial charge < -0.3 is 4.74 Å². The molecule has 2 saturated heterocycles. The van der Waals surface area contributed by atoms with E-state index in [9.17, 15) is 0 Å². The molecule has 2 heterocycles. The van der Waals surface area contributed by atoms with E-state index in [-0.39, 0.29) is 0 Å². The first-order chi connectivity index (χ1) is 6.83. The number of hydrogen-bond donors (Lipinski definition) is 0. The smallest absolute Gasteiger partial charge is 0.0694 e. The predicted octanol–water partition coefficient (Wildman–Crippen LogP) is 1.67. The molecule has 2 aliphatic heterocycles. The summed E-state index contributed by atoms with van der Waals surface area (Å²) in [5.74, 6) is 1.40. The predicted molar refractivity (Wildman–Crippen MR) is 56.1 cm³/mol. The topological polar surface area (TPSA) is 12.5 Å². The lowest BCUT2D eigenvalue weighted by Crippen LogP contribution is -2.55. The van der Waals surface area contributed by atoms with Crippen LogP contribution in [0.1, 0.15) is 19.3 Å². The highest BCUT2D eigenvalue weighted by Gasteiger charge is 2.51. The normalized spacial score (nSPS) is 51.1. The van der Waals surface area contributed by atoms with Crippen LogP contribution in [0, 0.1) is 11.8 Å². The van der Waals surface area contributed by atoms with Crippen molar-refractivity contribution in [1.82, 2.24) is 4.90 Å². The van der Waals surface area contributed by atoms with E-state index in [1.165, 1.54) is 19.3 Å². The molecule has 0 spiro atoms. The van der Waals surface area contributed by atoms with Crippen molar-refractivity contribution in [2.45, 2.75) is 37.5 Å². The molecule has 1 aliphatic carbocycles. The van der Waals surface area contributed by atoms with E-state index < -0.39 is 0 Å². The van der Waals surface area contributed by atoms with Crippen LogP contribution in [0.3, 0.4) is 0 Å². The fourth-order valence-electron chi connectivity index (χ4n) is 3.95. The summed E-state index contributed by atoms with van der Waals surface area (Å²) in [4.78, 5) is 2.61. The average Bonchev–Trinajstić information content (AvgIpc) is 2.54. The van der Waals surface area contributed by atoms with Gasteiger partial charge in [-0.25, -0.2) is 0 Å². The van der Waals surface area contributed by atoms with Gasteiger partial charge in [-0.3, -0.25) is 4.90 Å². The Morgan fingerprint density at radius 3 is 2.86 bits per heavy atom. The first-order valence-corrected chi connectivity index (χ1v) is 5.74. The van der Waals surface area contributed by atoms with Gasteiger partial charge in [-0.05, 0) is 26.3 Å². The van der Waals surface area contributed by atoms with E-state index in [1.54, 1.807) is 0 Å². The van der Waals surface area contributed by atoms with Gasteiger partial charge in [0.05, 0.1) is 6.10 Å². The van der Waals surface area contributed by atoms with Crippen LogP contribution in [0.4, 0.5) is 0 Å². The third-order valence-corrected chi connectivity index (χ3v) is 4.58. The number of allylic oxidation sites excluding steroid dienone is 1. The van der Waals surface area contributed by atoms with E-state index in [4.69, 9.17) is 4.74 Å². The minimum absolute atomic E-state index is 0.494. The van der Waals surface area contributed by atoms with Gasteiger partial charge in [-0.2, -0.15) is 0 Å². The number of nitrogens with zero attached hydrogens (tertiary/aromatic N) is 1. The molecule has 2 nitrogen and oxygen atoms in total. The van der Waals surface area contributed by atoms with Gasteiger partial charge in [-0.15, -0.1) is 0 Å². The third kappa shape index (κ3) is 0.986. The number of piperidine rings is 1. The molecular weight excluding hydrogens is 174 g/mol. The molecule has 0 unspecified atom stereocenters. The molecule has 3 aliphatic rings. The molecule has 3 rings (SSSR count). The van der Waals surface area contributed by atoms with Crippen LogP contribution in [0.25, 0.3) is 0 Å². The van der Waals surface area contributed by atoms with Crippen molar-refractivity contribution in [3.63, 3.8) is 0 Å². The van der Waals surface area contributed by atoms with E-state index >= 15 is 0 Å². The second-order valence-electron chi connectivity index (χ2n) is 4.98. The SMILES string of the molecule is CO[C@H]1[C@@H]2C=CC[C@H]1[C@@H]1CC[C@H]2N1C. The van der Waals surface area contributed by atoms with Crippen molar-refractivity contribution in [3.8, 4) is 0 Å². The number of fused-ring (bicyclic) bond motifs is 6. The zero-order chi connectivity index (χ0) is 9.71. The Bertz CT molecular complexity index is 263. The van der Waals surface area contributed by atoms with Crippen LogP contribution in [0.2, 0.25) is 0 Å². The summed E-state index contributed by atoms with van der Waals surface area (Å²) in [6.45, 7) is 0. The lowest BCUT2D eigenvalue weighted by Gasteiger charge is -2.48. The molecule has 0 aromatic rings. The molecule has 2 heteroatoms. The van der Waals surface area contributed by atoms with Crippen molar-refractivity contribution in [1.29, 1.82) is 0 Å². The summed E-state index contributed by atoms with van der Waals surface area (Å²) in [7, 11) is 4.18. The molecule has 78 valence electrons. The summed E-state index contributed by atoms with van der Waals surface area (Å²) >= 11 is 0. The van der Waals surface area contributed by atoms with Crippen LogP contribution in [-0.4, -0.2) is 37.2 Å². The van der Waals surface area contributed by atoms with Gasteiger partial charge in [0.15, 0.2) is 0 Å². The zero-order valence-electron chi connectivity index (χ0n) is 9.02. The highest BCUT2D eigenvalue weighted by molar-refractivity contribution is 5.15. The maximum Gasteiger partial charge on any atom is 0.0694 e. The molecule has 2 fully saturated rings. The Balaban J connectivity index is 1.99. The quantitative estimate of drug-likeness (QED) is 0.587. The summed E-state index contributed by atoms with van der Waals surface area (Å²) in [6.07, 6.45) is 9.23. The molecule has 0 radical (unpaired) electrons. The van der Waals surface area contributed by atoms with Gasteiger partial charge >= 0.3 is 0 Å². The monoisotopic (exact) mass is 193 g/mol. The Hall–Kier alpha value is -0.340. The van der Waals surface area contributed by atoms with Crippen molar-refractivity contribution in [2.75, 3.05) is 14.2 Å². The summed E-state index contributed by atoms with van der Waals surface area (Å²) in [5.41, 5.74) is 0. The number of rotatable bonds is 1. The first-order valence-electron chi connectivity index (χ1n) is 5.74. The maximum absolute atomic E-state index is 5.71. The second kappa shape index (κ2) is 3.07. The molecule has 0 saturated carbocycles. The highest BCUT2D eigenvalue weighted by Crippen LogP contribution is 2.46. The molecule has 0 N–H and O–H groups in total. The molecular formula is C12H19NO. The molecule has 0 amide bonds. The van der Waals surface area contributed by atoms with E-state index in [1.807, 2.05) is 7.11 Å². The standard InChI is InChI=1S/C12H19NO/c1-13-10-6-7-11(13)9-5-3-4-8(10)12(9)14-2/h3-4,8-12H,5-7H2,1-2H3/t8-,9+,10-,11+,12+/m1/s1. The van der Waals surface area contributed by atoms with Gasteiger partial charge in [0.25, 0.3) is 0 Å². The van der Waals surface area contributed by atoms with Crippen molar-refractivity contribution in [3.05, 3.63) is 12.2 Å². The molecule has 0 aromatic carbocycles. The lowest BCUT2D eigenvalue weighted by molar-refractivity contribution is -0.0664. The number of hydrogen-bond acceptors (Lipinski definition) is 2. The molecule has 4 bridgehead atoms. The summed E-state index contributed by atoms with van der Waals surface area (Å²) in [6, 6.07) is 1.53. The Kier molecular flexibility index (Phi) is 1.96. The van der Waals surface area contributed by atoms with Crippen molar-refractivity contribution in [2.24, 2.45) is 11.8 Å². The minimum Gasteiger partial charge on any atom is -0.380 e. The Labute approximate surface area is 85.9 Å². The number of ether oxygens (including phenoxy) is 1. The molecule has 5 atom stereocenters. The van der Waals surface area contributed by atoms with Crippen molar-refractivity contribution >= 4 is 0 Å². The van der Waals surface area contributed by atoms with Crippen LogP contribution in [0.5, 0.6) is 0 Å². The lowest BCUT2D eigenvalue weighted by atomic mass is 9.74. The minimum atomic E-state index is 0.494. The van der Waals surface area contributed by atoms with Gasteiger partial charge in [-0.1, -0.05) is 12.2 Å². The van der Waals surface area contributed by atoms with E-state index in [0.717, 1.165) is 18.0 Å². The third-order valence-electron chi connectivity index (χ3n) is 4.58. The highest BCUT2D eigenvalue weighted by atomic mass is 16.5. The van der Waals surface area contributed by atoms with Crippen molar-refractivity contribution < 1.29 is 4.74 Å². The molecule has 14 heavy (non-hydrogen) atoms. The second-order valence-corrected chi connectivity index (χ2v) is 4.98. The van der Waals surface area contributed by atoms with E-state index in [2.05, 4.69) is 24.1 Å². The average molecular weight is 193 g/mol. The molecule has 0 aromatic heterocycles. The first kappa shape index (κ1) is 8.93. The Morgan fingerprint density at radius 1 is 1.29 bits per heavy atom. The van der Waals surface area contributed by atoms with Crippen LogP contribution in [0.15, 0.2) is 12.2 Å².